The topological polar surface area (TPSA) is 88.2 Å². The predicted molar refractivity (Wildman–Crippen MR) is 85.2 cm³/mol. The maximum atomic E-state index is 13.8. The van der Waals surface area contributed by atoms with Crippen LogP contribution >= 0.6 is 0 Å². The Labute approximate surface area is 139 Å². The molecular formula is C15H21FN6O2. The van der Waals surface area contributed by atoms with Gasteiger partial charge in [0, 0.05) is 38.3 Å². The summed E-state index contributed by atoms with van der Waals surface area (Å²) in [5.74, 6) is 1.29. The number of hydrogen-bond donors (Lipinski definition) is 2. The number of hydrogen-bond acceptors (Lipinski definition) is 5. The largest absolute Gasteiger partial charge is 0.360 e. The summed E-state index contributed by atoms with van der Waals surface area (Å²) in [4.78, 5) is 13.9. The molecule has 1 saturated heterocycles. The lowest BCUT2D eigenvalue weighted by Crippen LogP contribution is -2.41. The Morgan fingerprint density at radius 1 is 1.54 bits per heavy atom. The van der Waals surface area contributed by atoms with Crippen molar-refractivity contribution >= 4 is 11.8 Å². The van der Waals surface area contributed by atoms with Crippen molar-refractivity contribution in [2.75, 3.05) is 18.4 Å². The average molecular weight is 336 g/mol. The van der Waals surface area contributed by atoms with Crippen molar-refractivity contribution in [2.45, 2.75) is 32.1 Å². The Kier molecular flexibility index (Phi) is 4.79. The summed E-state index contributed by atoms with van der Waals surface area (Å²) in [6.45, 7) is 3.01. The minimum atomic E-state index is -0.902. The van der Waals surface area contributed by atoms with E-state index in [-0.39, 0.29) is 12.1 Å². The van der Waals surface area contributed by atoms with Gasteiger partial charge < -0.3 is 9.84 Å². The van der Waals surface area contributed by atoms with E-state index in [0.717, 1.165) is 5.69 Å². The van der Waals surface area contributed by atoms with Gasteiger partial charge in [0.2, 0.25) is 0 Å². The van der Waals surface area contributed by atoms with Crippen LogP contribution in [-0.4, -0.2) is 51.2 Å². The fourth-order valence-corrected chi connectivity index (χ4v) is 2.89. The monoisotopic (exact) mass is 336 g/mol. The van der Waals surface area contributed by atoms with Crippen LogP contribution in [0.4, 0.5) is 15.0 Å². The summed E-state index contributed by atoms with van der Waals surface area (Å²) in [6.07, 6.45) is 1.08. The molecule has 3 heterocycles. The molecule has 0 bridgehead atoms. The zero-order valence-corrected chi connectivity index (χ0v) is 13.7. The third kappa shape index (κ3) is 3.91. The SMILES string of the molecule is Cc1cc(CN2C[C@@H](F)C[C@H]2CNC(=O)Nc2ccnn2C)on1. The second-order valence-electron chi connectivity index (χ2n) is 6.03. The zero-order valence-electron chi connectivity index (χ0n) is 13.7. The zero-order chi connectivity index (χ0) is 17.1. The Morgan fingerprint density at radius 3 is 3.04 bits per heavy atom. The minimum Gasteiger partial charge on any atom is -0.360 e. The number of alkyl halides is 1. The van der Waals surface area contributed by atoms with Gasteiger partial charge in [-0.05, 0) is 13.3 Å². The first-order valence-electron chi connectivity index (χ1n) is 7.84. The third-order valence-corrected chi connectivity index (χ3v) is 4.07. The van der Waals surface area contributed by atoms with Gasteiger partial charge in [-0.15, -0.1) is 0 Å². The van der Waals surface area contributed by atoms with Crippen molar-refractivity contribution in [1.29, 1.82) is 0 Å². The number of carbonyl (C=O) groups excluding carboxylic acids is 1. The van der Waals surface area contributed by atoms with E-state index in [1.165, 1.54) is 0 Å². The smallest absolute Gasteiger partial charge is 0.320 e. The van der Waals surface area contributed by atoms with Crippen molar-refractivity contribution in [3.63, 3.8) is 0 Å². The van der Waals surface area contributed by atoms with E-state index in [0.29, 0.717) is 37.6 Å². The molecule has 2 N–H and O–H groups in total. The summed E-state index contributed by atoms with van der Waals surface area (Å²) >= 11 is 0. The first-order valence-corrected chi connectivity index (χ1v) is 7.84. The fraction of sp³-hybridized carbons (Fsp3) is 0.533. The molecule has 0 saturated carbocycles. The Morgan fingerprint density at radius 2 is 2.38 bits per heavy atom. The highest BCUT2D eigenvalue weighted by Crippen LogP contribution is 2.22. The average Bonchev–Trinajstić information content (AvgIpc) is 3.20. The minimum absolute atomic E-state index is 0.0808. The lowest BCUT2D eigenvalue weighted by molar-refractivity contribution is 0.203. The van der Waals surface area contributed by atoms with Gasteiger partial charge in [-0.1, -0.05) is 5.16 Å². The molecule has 1 aliphatic heterocycles. The van der Waals surface area contributed by atoms with E-state index < -0.39 is 6.17 Å². The molecule has 1 aliphatic rings. The van der Waals surface area contributed by atoms with E-state index in [4.69, 9.17) is 4.52 Å². The Balaban J connectivity index is 1.52. The van der Waals surface area contributed by atoms with Gasteiger partial charge in [0.25, 0.3) is 0 Å². The molecule has 8 nitrogen and oxygen atoms in total. The number of urea groups is 1. The number of amides is 2. The molecule has 130 valence electrons. The number of nitrogens with one attached hydrogen (secondary N) is 2. The van der Waals surface area contributed by atoms with Gasteiger partial charge >= 0.3 is 6.03 Å². The van der Waals surface area contributed by atoms with E-state index in [2.05, 4.69) is 20.9 Å². The standard InChI is InChI=1S/C15H21FN6O2/c1-10-5-13(24-20-10)9-22-8-11(16)6-12(22)7-17-15(23)19-14-3-4-18-21(14)2/h3-5,11-12H,6-9H2,1-2H3,(H2,17,19,23)/t11-,12-/m0/s1. The first-order chi connectivity index (χ1) is 11.5. The van der Waals surface area contributed by atoms with Crippen LogP contribution in [0, 0.1) is 6.92 Å². The molecule has 2 aromatic heterocycles. The van der Waals surface area contributed by atoms with Gasteiger partial charge in [-0.2, -0.15) is 5.10 Å². The quantitative estimate of drug-likeness (QED) is 0.863. The summed E-state index contributed by atoms with van der Waals surface area (Å²) < 4.78 is 20.5. The second kappa shape index (κ2) is 7.00. The Hall–Kier alpha value is -2.42. The third-order valence-electron chi connectivity index (χ3n) is 4.07. The van der Waals surface area contributed by atoms with Gasteiger partial charge in [-0.25, -0.2) is 9.18 Å². The highest BCUT2D eigenvalue weighted by Gasteiger charge is 2.32. The van der Waals surface area contributed by atoms with Crippen molar-refractivity contribution in [3.8, 4) is 0 Å². The molecule has 0 spiro atoms. The Bertz CT molecular complexity index is 700. The van der Waals surface area contributed by atoms with Crippen LogP contribution in [0.2, 0.25) is 0 Å². The molecule has 9 heteroatoms. The van der Waals surface area contributed by atoms with Gasteiger partial charge in [0.15, 0.2) is 5.76 Å². The van der Waals surface area contributed by atoms with E-state index in [9.17, 15) is 9.18 Å². The summed E-state index contributed by atoms with van der Waals surface area (Å²) in [7, 11) is 1.74. The van der Waals surface area contributed by atoms with Crippen LogP contribution in [0.3, 0.4) is 0 Å². The number of carbonyl (C=O) groups is 1. The van der Waals surface area contributed by atoms with Crippen LogP contribution in [0.5, 0.6) is 0 Å². The molecule has 1 fully saturated rings. The number of anilines is 1. The van der Waals surface area contributed by atoms with Crippen LogP contribution in [0.1, 0.15) is 17.9 Å². The number of likely N-dealkylation sites (tertiary alicyclic amines) is 1. The van der Waals surface area contributed by atoms with Gasteiger partial charge in [-0.3, -0.25) is 14.9 Å². The lowest BCUT2D eigenvalue weighted by atomic mass is 10.2. The van der Waals surface area contributed by atoms with E-state index >= 15 is 0 Å². The molecule has 2 aromatic rings. The molecule has 2 amide bonds. The second-order valence-corrected chi connectivity index (χ2v) is 6.03. The lowest BCUT2D eigenvalue weighted by Gasteiger charge is -2.23. The molecular weight excluding hydrogens is 315 g/mol. The molecule has 0 unspecified atom stereocenters. The molecule has 3 rings (SSSR count). The van der Waals surface area contributed by atoms with Crippen molar-refractivity contribution in [1.82, 2.24) is 25.2 Å². The summed E-state index contributed by atoms with van der Waals surface area (Å²) in [5.41, 5.74) is 0.797. The molecule has 0 aliphatic carbocycles. The van der Waals surface area contributed by atoms with Crippen LogP contribution in [-0.2, 0) is 13.6 Å². The number of aryl methyl sites for hydroxylation is 2. The van der Waals surface area contributed by atoms with E-state index in [1.807, 2.05) is 17.9 Å². The van der Waals surface area contributed by atoms with Crippen molar-refractivity contribution in [2.24, 2.45) is 7.05 Å². The predicted octanol–water partition coefficient (Wildman–Crippen LogP) is 1.45. The summed E-state index contributed by atoms with van der Waals surface area (Å²) in [5, 5.41) is 13.3. The molecule has 2 atom stereocenters. The van der Waals surface area contributed by atoms with Crippen LogP contribution in [0.15, 0.2) is 22.9 Å². The van der Waals surface area contributed by atoms with Crippen molar-refractivity contribution in [3.05, 3.63) is 29.8 Å². The van der Waals surface area contributed by atoms with Gasteiger partial charge in [0.05, 0.1) is 18.4 Å². The first kappa shape index (κ1) is 16.4. The number of rotatable bonds is 5. The number of aromatic nitrogens is 3. The highest BCUT2D eigenvalue weighted by molar-refractivity contribution is 5.88. The van der Waals surface area contributed by atoms with E-state index in [1.54, 1.807) is 24.0 Å². The molecule has 24 heavy (non-hydrogen) atoms. The van der Waals surface area contributed by atoms with Gasteiger partial charge in [0.1, 0.15) is 12.0 Å². The maximum absolute atomic E-state index is 13.8. The number of nitrogens with zero attached hydrogens (tertiary/aromatic N) is 4. The maximum Gasteiger partial charge on any atom is 0.320 e. The normalized spacial score (nSPS) is 21.1. The fourth-order valence-electron chi connectivity index (χ4n) is 2.89. The highest BCUT2D eigenvalue weighted by atomic mass is 19.1. The number of halogens is 1. The van der Waals surface area contributed by atoms with Crippen LogP contribution < -0.4 is 10.6 Å². The van der Waals surface area contributed by atoms with Crippen LogP contribution in [0.25, 0.3) is 0 Å². The molecule has 0 aromatic carbocycles. The summed E-state index contributed by atoms with van der Waals surface area (Å²) in [6, 6.07) is 3.12. The molecule has 0 radical (unpaired) electrons. The van der Waals surface area contributed by atoms with Crippen molar-refractivity contribution < 1.29 is 13.7 Å².